The molecule has 0 saturated carbocycles. The number of nitrogens with one attached hydrogen (secondary N) is 2. The summed E-state index contributed by atoms with van der Waals surface area (Å²) in [6, 6.07) is 11.5. The number of aliphatic imine (C=N–C) groups is 1. The number of aryl methyl sites for hydroxylation is 1. The van der Waals surface area contributed by atoms with Gasteiger partial charge in [-0.25, -0.2) is 9.98 Å². The molecule has 1 fully saturated rings. The molecule has 5 nitrogen and oxygen atoms in total. The predicted molar refractivity (Wildman–Crippen MR) is 120 cm³/mol. The van der Waals surface area contributed by atoms with Crippen LogP contribution >= 0.6 is 11.3 Å². The van der Waals surface area contributed by atoms with Gasteiger partial charge >= 0.3 is 0 Å². The number of aromatic nitrogens is 1. The van der Waals surface area contributed by atoms with Crippen molar-refractivity contribution in [2.24, 2.45) is 4.99 Å². The van der Waals surface area contributed by atoms with Gasteiger partial charge in [0.25, 0.3) is 0 Å². The number of hydrogen-bond acceptors (Lipinski definition) is 4. The number of rotatable bonds is 6. The summed E-state index contributed by atoms with van der Waals surface area (Å²) >= 11 is 1.74. The van der Waals surface area contributed by atoms with Crippen LogP contribution in [0.3, 0.4) is 0 Å². The number of benzene rings is 1. The lowest BCUT2D eigenvalue weighted by Crippen LogP contribution is -2.49. The minimum atomic E-state index is 0.496. The van der Waals surface area contributed by atoms with Gasteiger partial charge in [0.15, 0.2) is 5.96 Å². The van der Waals surface area contributed by atoms with Crippen molar-refractivity contribution in [2.45, 2.75) is 59.2 Å². The highest BCUT2D eigenvalue weighted by atomic mass is 32.1. The second kappa shape index (κ2) is 10.0. The molecular formula is C22H33N5S. The molecule has 0 unspecified atom stereocenters. The maximum Gasteiger partial charge on any atom is 0.191 e. The molecule has 3 rings (SSSR count). The Hall–Kier alpha value is -1.92. The molecule has 1 aromatic carbocycles. The first-order valence-corrected chi connectivity index (χ1v) is 11.2. The van der Waals surface area contributed by atoms with E-state index in [4.69, 9.17) is 9.98 Å². The van der Waals surface area contributed by atoms with Crippen molar-refractivity contribution >= 4 is 17.3 Å². The first-order valence-electron chi connectivity index (χ1n) is 10.4. The summed E-state index contributed by atoms with van der Waals surface area (Å²) in [7, 11) is 0. The van der Waals surface area contributed by atoms with E-state index in [0.717, 1.165) is 36.3 Å². The highest BCUT2D eigenvalue weighted by Crippen LogP contribution is 2.28. The Morgan fingerprint density at radius 1 is 1.25 bits per heavy atom. The van der Waals surface area contributed by atoms with E-state index in [1.165, 1.54) is 23.3 Å². The molecule has 2 heterocycles. The Morgan fingerprint density at radius 3 is 2.61 bits per heavy atom. The van der Waals surface area contributed by atoms with E-state index in [-0.39, 0.29) is 0 Å². The van der Waals surface area contributed by atoms with Gasteiger partial charge in [-0.15, -0.1) is 11.3 Å². The van der Waals surface area contributed by atoms with Gasteiger partial charge in [0.1, 0.15) is 5.01 Å². The molecular weight excluding hydrogens is 366 g/mol. The van der Waals surface area contributed by atoms with E-state index >= 15 is 0 Å². The molecule has 1 aromatic heterocycles. The number of thiazole rings is 1. The summed E-state index contributed by atoms with van der Waals surface area (Å²) in [5.74, 6) is 0.916. The molecule has 152 valence electrons. The Bertz CT molecular complexity index is 760. The van der Waals surface area contributed by atoms with Gasteiger partial charge < -0.3 is 15.5 Å². The minimum Gasteiger partial charge on any atom is -0.357 e. The summed E-state index contributed by atoms with van der Waals surface area (Å²) in [4.78, 5) is 13.4. The quantitative estimate of drug-likeness (QED) is 0.568. The zero-order valence-corrected chi connectivity index (χ0v) is 18.4. The van der Waals surface area contributed by atoms with Crippen LogP contribution < -0.4 is 10.6 Å². The zero-order valence-electron chi connectivity index (χ0n) is 17.5. The molecule has 1 aliphatic rings. The monoisotopic (exact) mass is 399 g/mol. The molecule has 6 heteroatoms. The third-order valence-electron chi connectivity index (χ3n) is 5.24. The zero-order chi connectivity index (χ0) is 19.9. The van der Waals surface area contributed by atoms with Gasteiger partial charge in [0.05, 0.1) is 12.2 Å². The van der Waals surface area contributed by atoms with E-state index < -0.39 is 0 Å². The van der Waals surface area contributed by atoms with Crippen LogP contribution in [0.5, 0.6) is 0 Å². The van der Waals surface area contributed by atoms with E-state index in [2.05, 4.69) is 67.5 Å². The normalized spacial score (nSPS) is 16.5. The molecule has 0 atom stereocenters. The van der Waals surface area contributed by atoms with Crippen molar-refractivity contribution in [3.63, 3.8) is 0 Å². The van der Waals surface area contributed by atoms with Gasteiger partial charge in [0.2, 0.25) is 0 Å². The molecule has 28 heavy (non-hydrogen) atoms. The average Bonchev–Trinajstić information content (AvgIpc) is 3.08. The van der Waals surface area contributed by atoms with Crippen LogP contribution in [0.4, 0.5) is 0 Å². The second-order valence-corrected chi connectivity index (χ2v) is 8.72. The molecule has 1 saturated heterocycles. The molecule has 0 bridgehead atoms. The standard InChI is InChI=1S/C22H33N5S/c1-5-23-22(26-19-11-13-27(14-12-19)16(2)3)24-15-20-17(4)25-21(28-20)18-9-7-6-8-10-18/h6-10,16,19H,5,11-15H2,1-4H3,(H2,23,24,26). The predicted octanol–water partition coefficient (Wildman–Crippen LogP) is 4.05. The van der Waals surface area contributed by atoms with E-state index in [0.29, 0.717) is 18.6 Å². The van der Waals surface area contributed by atoms with Crippen molar-refractivity contribution in [2.75, 3.05) is 19.6 Å². The molecule has 0 spiro atoms. The van der Waals surface area contributed by atoms with Crippen LogP contribution in [0.25, 0.3) is 10.6 Å². The van der Waals surface area contributed by atoms with Crippen LogP contribution in [0.15, 0.2) is 35.3 Å². The highest BCUT2D eigenvalue weighted by Gasteiger charge is 2.21. The first-order chi connectivity index (χ1) is 13.6. The van der Waals surface area contributed by atoms with Crippen molar-refractivity contribution in [1.29, 1.82) is 0 Å². The molecule has 2 N–H and O–H groups in total. The lowest BCUT2D eigenvalue weighted by Gasteiger charge is -2.35. The van der Waals surface area contributed by atoms with Crippen LogP contribution in [0.1, 0.15) is 44.2 Å². The maximum absolute atomic E-state index is 4.85. The third-order valence-corrected chi connectivity index (χ3v) is 6.43. The molecule has 0 radical (unpaired) electrons. The van der Waals surface area contributed by atoms with Gasteiger partial charge in [-0.3, -0.25) is 0 Å². The van der Waals surface area contributed by atoms with Crippen molar-refractivity contribution in [1.82, 2.24) is 20.5 Å². The summed E-state index contributed by atoms with van der Waals surface area (Å²) in [5.41, 5.74) is 2.25. The van der Waals surface area contributed by atoms with Gasteiger partial charge in [0, 0.05) is 42.2 Å². The molecule has 1 aliphatic heterocycles. The fraction of sp³-hybridized carbons (Fsp3) is 0.545. The van der Waals surface area contributed by atoms with Gasteiger partial charge in [-0.1, -0.05) is 30.3 Å². The Morgan fingerprint density at radius 2 is 1.96 bits per heavy atom. The molecule has 2 aromatic rings. The third kappa shape index (κ3) is 5.55. The first kappa shape index (κ1) is 20.8. The van der Waals surface area contributed by atoms with Crippen LogP contribution in [-0.4, -0.2) is 47.6 Å². The average molecular weight is 400 g/mol. The smallest absolute Gasteiger partial charge is 0.191 e. The topological polar surface area (TPSA) is 52.6 Å². The van der Waals surface area contributed by atoms with E-state index in [1.807, 2.05) is 6.07 Å². The van der Waals surface area contributed by atoms with E-state index in [9.17, 15) is 0 Å². The lowest BCUT2D eigenvalue weighted by molar-refractivity contribution is 0.167. The number of likely N-dealkylation sites (tertiary alicyclic amines) is 1. The van der Waals surface area contributed by atoms with Gasteiger partial charge in [-0.2, -0.15) is 0 Å². The van der Waals surface area contributed by atoms with Crippen molar-refractivity contribution in [3.8, 4) is 10.6 Å². The second-order valence-electron chi connectivity index (χ2n) is 7.64. The summed E-state index contributed by atoms with van der Waals surface area (Å²) < 4.78 is 0. The number of hydrogen-bond donors (Lipinski definition) is 2. The number of guanidine groups is 1. The highest BCUT2D eigenvalue weighted by molar-refractivity contribution is 7.15. The molecule has 0 amide bonds. The van der Waals surface area contributed by atoms with Crippen molar-refractivity contribution < 1.29 is 0 Å². The van der Waals surface area contributed by atoms with Crippen LogP contribution in [0, 0.1) is 6.92 Å². The fourth-order valence-electron chi connectivity index (χ4n) is 3.50. The van der Waals surface area contributed by atoms with Gasteiger partial charge in [-0.05, 0) is 40.5 Å². The van der Waals surface area contributed by atoms with Crippen molar-refractivity contribution in [3.05, 3.63) is 40.9 Å². The summed E-state index contributed by atoms with van der Waals surface area (Å²) in [6.45, 7) is 12.6. The Kier molecular flexibility index (Phi) is 7.45. The number of nitrogens with zero attached hydrogens (tertiary/aromatic N) is 3. The van der Waals surface area contributed by atoms with Crippen LogP contribution in [0.2, 0.25) is 0 Å². The number of piperidine rings is 1. The lowest BCUT2D eigenvalue weighted by atomic mass is 10.0. The fourth-order valence-corrected chi connectivity index (χ4v) is 4.50. The maximum atomic E-state index is 4.85. The SMILES string of the molecule is CCNC(=NCc1sc(-c2ccccc2)nc1C)NC1CCN(C(C)C)CC1. The summed E-state index contributed by atoms with van der Waals surface area (Å²) in [6.07, 6.45) is 2.33. The largest absolute Gasteiger partial charge is 0.357 e. The van der Waals surface area contributed by atoms with Crippen LogP contribution in [-0.2, 0) is 6.54 Å². The Balaban J connectivity index is 1.63. The molecule has 0 aliphatic carbocycles. The minimum absolute atomic E-state index is 0.496. The summed E-state index contributed by atoms with van der Waals surface area (Å²) in [5, 5.41) is 8.11. The van der Waals surface area contributed by atoms with E-state index in [1.54, 1.807) is 11.3 Å². The Labute approximate surface area is 173 Å².